The van der Waals surface area contributed by atoms with E-state index in [1.165, 1.54) is 5.56 Å². The SMILES string of the molecule is [2H][C@H]1[C@@H](c2ccccc2)[C@H]1N(C)C. The van der Waals surface area contributed by atoms with Gasteiger partial charge in [0.25, 0.3) is 0 Å². The van der Waals surface area contributed by atoms with E-state index in [9.17, 15) is 0 Å². The zero-order valence-corrected chi connectivity index (χ0v) is 7.57. The maximum absolute atomic E-state index is 7.84. The Labute approximate surface area is 75.4 Å². The van der Waals surface area contributed by atoms with Gasteiger partial charge in [-0.2, -0.15) is 0 Å². The number of rotatable bonds is 2. The summed E-state index contributed by atoms with van der Waals surface area (Å²) >= 11 is 0. The highest BCUT2D eigenvalue weighted by Crippen LogP contribution is 2.43. The van der Waals surface area contributed by atoms with Crippen molar-refractivity contribution in [3.8, 4) is 0 Å². The van der Waals surface area contributed by atoms with E-state index >= 15 is 0 Å². The molecule has 1 nitrogen and oxygen atoms in total. The molecule has 3 atom stereocenters. The summed E-state index contributed by atoms with van der Waals surface area (Å²) in [4.78, 5) is 2.15. The van der Waals surface area contributed by atoms with E-state index in [0.717, 1.165) is 0 Å². The van der Waals surface area contributed by atoms with Crippen LogP contribution in [0.2, 0.25) is 0 Å². The van der Waals surface area contributed by atoms with E-state index < -0.39 is 0 Å². The smallest absolute Gasteiger partial charge is 0.0290 e. The van der Waals surface area contributed by atoms with Crippen LogP contribution in [0.15, 0.2) is 30.3 Å². The molecule has 0 bridgehead atoms. The summed E-state index contributed by atoms with van der Waals surface area (Å²) in [6.45, 7) is 0. The molecule has 1 heteroatoms. The van der Waals surface area contributed by atoms with Gasteiger partial charge in [0.15, 0.2) is 0 Å². The van der Waals surface area contributed by atoms with Crippen molar-refractivity contribution in [3.63, 3.8) is 0 Å². The van der Waals surface area contributed by atoms with E-state index in [-0.39, 0.29) is 6.40 Å². The molecule has 0 aromatic heterocycles. The first kappa shape index (κ1) is 6.67. The zero-order chi connectivity index (χ0) is 9.42. The lowest BCUT2D eigenvalue weighted by Crippen LogP contribution is -2.15. The average molecular weight is 162 g/mol. The van der Waals surface area contributed by atoms with Gasteiger partial charge in [0.2, 0.25) is 0 Å². The predicted molar refractivity (Wildman–Crippen MR) is 51.3 cm³/mol. The third kappa shape index (κ3) is 1.37. The highest BCUT2D eigenvalue weighted by atomic mass is 15.1. The molecule has 0 heterocycles. The fraction of sp³-hybridized carbons (Fsp3) is 0.455. The standard InChI is InChI=1S/C11H15N/c1-12(2)11-8-10(11)9-6-4-3-5-7-9/h3-7,10-11H,8H2,1-2H3/t10-,11-/m0/s1/i8D/t8-,10-,11-. The molecule has 0 N–H and O–H groups in total. The molecule has 1 fully saturated rings. The van der Waals surface area contributed by atoms with Crippen molar-refractivity contribution >= 4 is 0 Å². The minimum atomic E-state index is 0.0670. The van der Waals surface area contributed by atoms with E-state index in [4.69, 9.17) is 1.37 Å². The second-order valence-corrected chi connectivity index (χ2v) is 3.58. The third-order valence-electron chi connectivity index (χ3n) is 2.41. The molecule has 1 aromatic rings. The molecule has 0 unspecified atom stereocenters. The molecule has 64 valence electrons. The zero-order valence-electron chi connectivity index (χ0n) is 8.57. The highest BCUT2D eigenvalue weighted by molar-refractivity contribution is 5.27. The van der Waals surface area contributed by atoms with Gasteiger partial charge >= 0.3 is 0 Å². The number of nitrogens with zero attached hydrogens (tertiary/aromatic N) is 1. The lowest BCUT2D eigenvalue weighted by atomic mass is 10.1. The van der Waals surface area contributed by atoms with Crippen molar-refractivity contribution in [2.24, 2.45) is 0 Å². The molecule has 1 aromatic carbocycles. The van der Waals surface area contributed by atoms with E-state index in [2.05, 4.69) is 31.1 Å². The topological polar surface area (TPSA) is 3.24 Å². The highest BCUT2D eigenvalue weighted by Gasteiger charge is 2.39. The van der Waals surface area contributed by atoms with Crippen LogP contribution in [0.25, 0.3) is 0 Å². The quantitative estimate of drug-likeness (QED) is 0.643. The second kappa shape index (κ2) is 2.91. The lowest BCUT2D eigenvalue weighted by molar-refractivity contribution is 0.391. The number of hydrogen-bond donors (Lipinski definition) is 0. The Bertz CT molecular complexity index is 283. The lowest BCUT2D eigenvalue weighted by Gasteiger charge is -2.08. The summed E-state index contributed by atoms with van der Waals surface area (Å²) in [5.41, 5.74) is 1.31. The Morgan fingerprint density at radius 3 is 2.50 bits per heavy atom. The van der Waals surface area contributed by atoms with Crippen LogP contribution in [-0.2, 0) is 0 Å². The van der Waals surface area contributed by atoms with Gasteiger partial charge in [-0.15, -0.1) is 0 Å². The number of hydrogen-bond acceptors (Lipinski definition) is 1. The largest absolute Gasteiger partial charge is 0.306 e. The van der Waals surface area contributed by atoms with Gasteiger partial charge < -0.3 is 4.90 Å². The van der Waals surface area contributed by atoms with Crippen molar-refractivity contribution in [2.45, 2.75) is 18.4 Å². The van der Waals surface area contributed by atoms with Crippen molar-refractivity contribution in [2.75, 3.05) is 14.1 Å². The number of likely N-dealkylation sites (N-methyl/N-ethyl adjacent to an activating group) is 1. The predicted octanol–water partition coefficient (Wildman–Crippen LogP) is 2.10. The van der Waals surface area contributed by atoms with Crippen LogP contribution in [-0.4, -0.2) is 25.0 Å². The maximum atomic E-state index is 7.84. The molecule has 2 rings (SSSR count). The van der Waals surface area contributed by atoms with Crippen LogP contribution >= 0.6 is 0 Å². The van der Waals surface area contributed by atoms with Crippen LogP contribution in [0.1, 0.15) is 19.2 Å². The molecule has 0 saturated heterocycles. The van der Waals surface area contributed by atoms with Gasteiger partial charge in [0.05, 0.1) is 0 Å². The first-order valence-corrected chi connectivity index (χ1v) is 4.35. The van der Waals surface area contributed by atoms with E-state index in [0.29, 0.717) is 12.0 Å². The Hall–Kier alpha value is -0.820. The van der Waals surface area contributed by atoms with Crippen molar-refractivity contribution in [1.29, 1.82) is 0 Å². The summed E-state index contributed by atoms with van der Waals surface area (Å²) in [7, 11) is 4.10. The molecule has 1 saturated carbocycles. The summed E-state index contributed by atoms with van der Waals surface area (Å²) in [6.07, 6.45) is 0.0670. The molecule has 1 aliphatic rings. The Balaban J connectivity index is 2.14. The Morgan fingerprint density at radius 2 is 2.00 bits per heavy atom. The van der Waals surface area contributed by atoms with Gasteiger partial charge in [0.1, 0.15) is 0 Å². The normalized spacial score (nSPS) is 34.9. The van der Waals surface area contributed by atoms with Crippen molar-refractivity contribution in [3.05, 3.63) is 35.9 Å². The second-order valence-electron chi connectivity index (χ2n) is 3.58. The van der Waals surface area contributed by atoms with Gasteiger partial charge in [0, 0.05) is 13.3 Å². The minimum absolute atomic E-state index is 0.0670. The molecule has 12 heavy (non-hydrogen) atoms. The number of benzene rings is 1. The van der Waals surface area contributed by atoms with Crippen LogP contribution < -0.4 is 0 Å². The molecular formula is C11H15N. The fourth-order valence-electron chi connectivity index (χ4n) is 1.63. The van der Waals surface area contributed by atoms with Crippen LogP contribution in [0.3, 0.4) is 0 Å². The average Bonchev–Trinajstić information content (AvgIpc) is 2.79. The molecule has 0 amide bonds. The molecular weight excluding hydrogens is 146 g/mol. The first-order valence-electron chi connectivity index (χ1n) is 4.93. The molecule has 1 aliphatic carbocycles. The maximum Gasteiger partial charge on any atom is 0.0290 e. The Morgan fingerprint density at radius 1 is 1.33 bits per heavy atom. The van der Waals surface area contributed by atoms with Crippen LogP contribution in [0, 0.1) is 0 Å². The van der Waals surface area contributed by atoms with Crippen LogP contribution in [0.4, 0.5) is 0 Å². The summed E-state index contributed by atoms with van der Waals surface area (Å²) in [5.74, 6) is 0.427. The van der Waals surface area contributed by atoms with Crippen molar-refractivity contribution in [1.82, 2.24) is 4.90 Å². The molecule has 0 aliphatic heterocycles. The van der Waals surface area contributed by atoms with E-state index in [1.807, 2.05) is 18.2 Å². The van der Waals surface area contributed by atoms with Crippen molar-refractivity contribution < 1.29 is 1.37 Å². The summed E-state index contributed by atoms with van der Waals surface area (Å²) < 4.78 is 7.84. The van der Waals surface area contributed by atoms with Gasteiger partial charge in [-0.05, 0) is 26.1 Å². The summed E-state index contributed by atoms with van der Waals surface area (Å²) in [6, 6.07) is 10.8. The fourth-order valence-corrected chi connectivity index (χ4v) is 1.63. The molecule has 0 radical (unpaired) electrons. The van der Waals surface area contributed by atoms with Gasteiger partial charge in [-0.1, -0.05) is 30.3 Å². The first-order chi connectivity index (χ1) is 6.22. The van der Waals surface area contributed by atoms with Gasteiger partial charge in [-0.3, -0.25) is 0 Å². The minimum Gasteiger partial charge on any atom is -0.306 e. The summed E-state index contributed by atoms with van der Waals surface area (Å²) in [5, 5.41) is 0. The monoisotopic (exact) mass is 162 g/mol. The Kier molecular flexibility index (Phi) is 1.62. The van der Waals surface area contributed by atoms with Crippen LogP contribution in [0.5, 0.6) is 0 Å². The van der Waals surface area contributed by atoms with E-state index in [1.54, 1.807) is 0 Å². The van der Waals surface area contributed by atoms with Gasteiger partial charge in [-0.25, -0.2) is 0 Å². The third-order valence-corrected chi connectivity index (χ3v) is 2.41. The molecule has 0 spiro atoms.